The van der Waals surface area contributed by atoms with Gasteiger partial charge in [0, 0.05) is 0 Å². The second-order valence-electron chi connectivity index (χ2n) is 2.58. The van der Waals surface area contributed by atoms with Crippen LogP contribution >= 0.6 is 0 Å². The van der Waals surface area contributed by atoms with Crippen LogP contribution in [0.25, 0.3) is 0 Å². The molecule has 13 heavy (non-hydrogen) atoms. The van der Waals surface area contributed by atoms with Crippen LogP contribution < -0.4 is 29.6 Å². The smallest absolute Gasteiger partial charge is 1.00 e. The summed E-state index contributed by atoms with van der Waals surface area (Å²) in [6, 6.07) is 0. The average molecular weight is 330 g/mol. The molecule has 0 N–H and O–H groups in total. The van der Waals surface area contributed by atoms with Crippen molar-refractivity contribution < 1.29 is 42.5 Å². The van der Waals surface area contributed by atoms with Crippen molar-refractivity contribution in [2.45, 2.75) is 35.1 Å². The third-order valence-corrected chi connectivity index (χ3v) is 5.41. The van der Waals surface area contributed by atoms with Gasteiger partial charge in [-0.2, -0.15) is 0 Å². The van der Waals surface area contributed by atoms with Gasteiger partial charge in [0.25, 0.3) is 0 Å². The molecule has 0 heterocycles. The monoisotopic (exact) mass is 332 g/mol. The van der Waals surface area contributed by atoms with Crippen molar-refractivity contribution in [3.63, 3.8) is 0 Å². The fourth-order valence-corrected chi connectivity index (χ4v) is 4.74. The van der Waals surface area contributed by atoms with Gasteiger partial charge in [-0.3, -0.25) is 0 Å². The molecular formula is C7H15NaO3STe. The van der Waals surface area contributed by atoms with Crippen LogP contribution in [0, 0.1) is 0 Å². The Morgan fingerprint density at radius 1 is 1.23 bits per heavy atom. The Kier molecular flexibility index (Phi) is 13.5. The Morgan fingerprint density at radius 3 is 2.23 bits per heavy atom. The molecule has 0 rings (SSSR count). The number of rotatable bonds is 7. The van der Waals surface area contributed by atoms with E-state index in [4.69, 9.17) is 0 Å². The predicted octanol–water partition coefficient (Wildman–Crippen LogP) is -1.73. The molecule has 0 saturated carbocycles. The van der Waals surface area contributed by atoms with E-state index in [1.807, 2.05) is 0 Å². The van der Waals surface area contributed by atoms with Gasteiger partial charge in [-0.1, -0.05) is 0 Å². The van der Waals surface area contributed by atoms with Crippen molar-refractivity contribution in [2.75, 3.05) is 5.75 Å². The molecule has 0 unspecified atom stereocenters. The van der Waals surface area contributed by atoms with Crippen molar-refractivity contribution in [2.24, 2.45) is 0 Å². The number of unbranched alkanes of at least 4 members (excludes halogenated alkanes) is 1. The summed E-state index contributed by atoms with van der Waals surface area (Å²) in [6.07, 6.45) is 3.05. The molecule has 0 aromatic rings. The van der Waals surface area contributed by atoms with Crippen LogP contribution in [-0.4, -0.2) is 39.6 Å². The molecule has 0 bridgehead atoms. The van der Waals surface area contributed by atoms with E-state index in [9.17, 15) is 13.0 Å². The van der Waals surface area contributed by atoms with E-state index in [-0.39, 0.29) is 56.2 Å². The summed E-state index contributed by atoms with van der Waals surface area (Å²) in [6.45, 7) is 2.15. The van der Waals surface area contributed by atoms with Crippen LogP contribution in [0.4, 0.5) is 0 Å². The summed E-state index contributed by atoms with van der Waals surface area (Å²) < 4.78 is 32.8. The summed E-state index contributed by atoms with van der Waals surface area (Å²) in [5.74, 6) is -0.163. The zero-order chi connectivity index (χ0) is 9.45. The van der Waals surface area contributed by atoms with Crippen molar-refractivity contribution in [1.82, 2.24) is 0 Å². The van der Waals surface area contributed by atoms with Gasteiger partial charge in [-0.15, -0.1) is 0 Å². The quantitative estimate of drug-likeness (QED) is 0.317. The molecule has 0 aromatic carbocycles. The molecule has 0 aliphatic heterocycles. The molecule has 0 saturated heterocycles. The first-order valence-electron chi connectivity index (χ1n) is 4.07. The molecule has 0 aliphatic rings. The molecule has 6 heteroatoms. The summed E-state index contributed by atoms with van der Waals surface area (Å²) in [4.78, 5) is 0. The SMILES string of the molecule is CCCC[Te]CCCS(=O)(=O)[O-].[Na+]. The Hall–Kier alpha value is 1.70. The zero-order valence-corrected chi connectivity index (χ0v) is 13.4. The van der Waals surface area contributed by atoms with Crippen molar-refractivity contribution >= 4 is 31.0 Å². The molecule has 3 nitrogen and oxygen atoms in total. The second-order valence-corrected chi connectivity index (χ2v) is 7.60. The minimum absolute atomic E-state index is 0. The summed E-state index contributed by atoms with van der Waals surface area (Å²) in [5.41, 5.74) is 0. The Bertz CT molecular complexity index is 194. The second kappa shape index (κ2) is 10.2. The fourth-order valence-electron chi connectivity index (χ4n) is 0.686. The maximum absolute atomic E-state index is 10.2. The predicted molar refractivity (Wildman–Crippen MR) is 49.5 cm³/mol. The van der Waals surface area contributed by atoms with Gasteiger partial charge in [0.15, 0.2) is 0 Å². The minimum atomic E-state index is -3.95. The van der Waals surface area contributed by atoms with Gasteiger partial charge in [0.1, 0.15) is 0 Å². The van der Waals surface area contributed by atoms with E-state index in [0.29, 0.717) is 6.42 Å². The van der Waals surface area contributed by atoms with Crippen molar-refractivity contribution in [3.8, 4) is 0 Å². The first kappa shape index (κ1) is 17.1. The summed E-state index contributed by atoms with van der Waals surface area (Å²) in [5, 5.41) is 0. The molecule has 0 fully saturated rings. The Morgan fingerprint density at radius 2 is 1.77 bits per heavy atom. The molecule has 0 amide bonds. The van der Waals surface area contributed by atoms with Crippen LogP contribution in [0.2, 0.25) is 8.94 Å². The van der Waals surface area contributed by atoms with Gasteiger partial charge in [0.05, 0.1) is 0 Å². The molecule has 74 valence electrons. The van der Waals surface area contributed by atoms with E-state index < -0.39 is 10.1 Å². The molecular weight excluding hydrogens is 315 g/mol. The van der Waals surface area contributed by atoms with Crippen LogP contribution in [0.3, 0.4) is 0 Å². The molecule has 0 radical (unpaired) electrons. The van der Waals surface area contributed by atoms with Gasteiger partial charge < -0.3 is 0 Å². The van der Waals surface area contributed by atoms with E-state index in [2.05, 4.69) is 6.92 Å². The Labute approximate surface area is 113 Å². The Balaban J connectivity index is 0. The molecule has 0 aromatic heterocycles. The van der Waals surface area contributed by atoms with Gasteiger partial charge in [0.2, 0.25) is 0 Å². The van der Waals surface area contributed by atoms with Crippen molar-refractivity contribution in [3.05, 3.63) is 0 Å². The maximum atomic E-state index is 10.2. The standard InChI is InChI=1S/C7H16O3STe.Na/c1-2-3-6-12-7-4-5-11(8,9)10;/h2-7H2,1H3,(H,8,9,10);/q;+1/p-1. The molecule has 0 atom stereocenters. The largest absolute Gasteiger partial charge is 1.00 e. The van der Waals surface area contributed by atoms with Crippen LogP contribution in [0.5, 0.6) is 0 Å². The van der Waals surface area contributed by atoms with E-state index in [1.54, 1.807) is 0 Å². The van der Waals surface area contributed by atoms with Crippen LogP contribution in [0.15, 0.2) is 0 Å². The van der Waals surface area contributed by atoms with Crippen molar-refractivity contribution in [1.29, 1.82) is 0 Å². The van der Waals surface area contributed by atoms with E-state index >= 15 is 0 Å². The number of hydrogen-bond acceptors (Lipinski definition) is 3. The summed E-state index contributed by atoms with van der Waals surface area (Å²) >= 11 is -0.000489. The third-order valence-electron chi connectivity index (χ3n) is 1.33. The maximum Gasteiger partial charge on any atom is 1.00 e. The zero-order valence-electron chi connectivity index (χ0n) is 8.28. The van der Waals surface area contributed by atoms with E-state index in [0.717, 1.165) is 4.47 Å². The fraction of sp³-hybridized carbons (Fsp3) is 1.00. The minimum Gasteiger partial charge on any atom is 1.00 e. The third kappa shape index (κ3) is 16.4. The molecule has 0 aliphatic carbocycles. The van der Waals surface area contributed by atoms with Gasteiger partial charge in [-0.05, 0) is 0 Å². The average Bonchev–Trinajstić information content (AvgIpc) is 1.94. The van der Waals surface area contributed by atoms with E-state index in [1.165, 1.54) is 17.3 Å². The summed E-state index contributed by atoms with van der Waals surface area (Å²) in [7, 11) is -3.95. The van der Waals surface area contributed by atoms with Gasteiger partial charge >= 0.3 is 114 Å². The topological polar surface area (TPSA) is 57.2 Å². The molecule has 0 spiro atoms. The van der Waals surface area contributed by atoms with Crippen LogP contribution in [0.1, 0.15) is 26.2 Å². The first-order chi connectivity index (χ1) is 5.56. The van der Waals surface area contributed by atoms with Gasteiger partial charge in [-0.25, -0.2) is 0 Å². The number of hydrogen-bond donors (Lipinski definition) is 0. The normalized spacial score (nSPS) is 10.9. The van der Waals surface area contributed by atoms with Crippen LogP contribution in [-0.2, 0) is 10.1 Å². The first-order valence-corrected chi connectivity index (χ1v) is 8.95.